The highest BCUT2D eigenvalue weighted by atomic mass is 32.2. The number of anilines is 1. The molecule has 0 radical (unpaired) electrons. The minimum absolute atomic E-state index is 0.0322. The SMILES string of the molecule is COc1ccc(-n2nc(C(F)(F)F)cc2C(=O)Nc2ccc(-c3ccccc3S(C)(=O)=O)cc2F)c(C(=O)N[C@@H](CO)C(=O)NCc2ccc3c(c2)OCO3)c1. The second-order valence-corrected chi connectivity index (χ2v) is 14.2. The average Bonchev–Trinajstić information content (AvgIpc) is 3.84. The number of carbonyl (C=O) groups excluding carboxylic acids is 3. The van der Waals surface area contributed by atoms with Crippen LogP contribution >= 0.6 is 0 Å². The molecule has 14 nitrogen and oxygen atoms in total. The maximum Gasteiger partial charge on any atom is 0.435 e. The quantitative estimate of drug-likeness (QED) is 0.131. The van der Waals surface area contributed by atoms with Crippen LogP contribution in [0.1, 0.15) is 32.1 Å². The Morgan fingerprint density at radius 3 is 2.41 bits per heavy atom. The Bertz CT molecular complexity index is 2460. The first-order chi connectivity index (χ1) is 26.6. The number of alkyl halides is 3. The van der Waals surface area contributed by atoms with Gasteiger partial charge in [-0.1, -0.05) is 30.3 Å². The van der Waals surface area contributed by atoms with Crippen molar-refractivity contribution in [3.05, 3.63) is 113 Å². The predicted molar refractivity (Wildman–Crippen MR) is 191 cm³/mol. The van der Waals surface area contributed by atoms with Crippen molar-refractivity contribution in [1.29, 1.82) is 0 Å². The Morgan fingerprint density at radius 2 is 1.71 bits per heavy atom. The Morgan fingerprint density at radius 1 is 0.964 bits per heavy atom. The minimum Gasteiger partial charge on any atom is -0.497 e. The summed E-state index contributed by atoms with van der Waals surface area (Å²) in [5, 5.41) is 20.7. The summed E-state index contributed by atoms with van der Waals surface area (Å²) >= 11 is 0. The van der Waals surface area contributed by atoms with Crippen LogP contribution in [-0.4, -0.2) is 73.8 Å². The number of methoxy groups -OCH3 is 1. The zero-order chi connectivity index (χ0) is 40.4. The molecule has 6 rings (SSSR count). The molecule has 4 N–H and O–H groups in total. The van der Waals surface area contributed by atoms with Gasteiger partial charge in [0.15, 0.2) is 27.0 Å². The van der Waals surface area contributed by atoms with Gasteiger partial charge in [-0.05, 0) is 59.7 Å². The van der Waals surface area contributed by atoms with Crippen molar-refractivity contribution < 1.29 is 59.7 Å². The van der Waals surface area contributed by atoms with Crippen LogP contribution in [0.25, 0.3) is 16.8 Å². The summed E-state index contributed by atoms with van der Waals surface area (Å²) in [5.41, 5.74) is -2.65. The molecule has 1 aliphatic heterocycles. The van der Waals surface area contributed by atoms with Gasteiger partial charge in [0.25, 0.3) is 11.8 Å². The fraction of sp³-hybridized carbons (Fsp3) is 0.189. The number of halogens is 4. The maximum atomic E-state index is 15.4. The molecule has 0 bridgehead atoms. The molecule has 5 aromatic rings. The van der Waals surface area contributed by atoms with Crippen molar-refractivity contribution in [1.82, 2.24) is 20.4 Å². The van der Waals surface area contributed by atoms with E-state index in [2.05, 4.69) is 21.0 Å². The number of rotatable bonds is 12. The van der Waals surface area contributed by atoms with E-state index in [4.69, 9.17) is 14.2 Å². The number of fused-ring (bicyclic) bond motifs is 1. The molecule has 4 aromatic carbocycles. The fourth-order valence-electron chi connectivity index (χ4n) is 5.67. The van der Waals surface area contributed by atoms with Crippen molar-refractivity contribution in [2.45, 2.75) is 23.7 Å². The molecule has 1 atom stereocenters. The van der Waals surface area contributed by atoms with E-state index in [9.17, 15) is 41.1 Å². The number of nitrogens with zero attached hydrogens (tertiary/aromatic N) is 2. The van der Waals surface area contributed by atoms with Gasteiger partial charge in [0.2, 0.25) is 12.7 Å². The molecule has 2 heterocycles. The number of ether oxygens (including phenoxy) is 3. The lowest BCUT2D eigenvalue weighted by Crippen LogP contribution is -2.48. The molecular formula is C37H31F4N5O9S. The minimum atomic E-state index is -5.08. The van der Waals surface area contributed by atoms with E-state index >= 15 is 4.39 Å². The molecule has 0 fully saturated rings. The normalized spacial score (nSPS) is 12.8. The zero-order valence-electron chi connectivity index (χ0n) is 29.3. The summed E-state index contributed by atoms with van der Waals surface area (Å²) < 4.78 is 98.4. The van der Waals surface area contributed by atoms with E-state index in [1.807, 2.05) is 0 Å². The molecule has 3 amide bonds. The largest absolute Gasteiger partial charge is 0.497 e. The first-order valence-corrected chi connectivity index (χ1v) is 18.3. The number of nitrogens with one attached hydrogen (secondary N) is 3. The Balaban J connectivity index is 1.28. The lowest BCUT2D eigenvalue weighted by Gasteiger charge is -2.19. The van der Waals surface area contributed by atoms with Gasteiger partial charge < -0.3 is 35.3 Å². The number of hydrogen-bond acceptors (Lipinski definition) is 10. The van der Waals surface area contributed by atoms with Crippen LogP contribution in [-0.2, 0) is 27.4 Å². The van der Waals surface area contributed by atoms with Crippen LogP contribution in [0.5, 0.6) is 17.2 Å². The summed E-state index contributed by atoms with van der Waals surface area (Å²) in [7, 11) is -2.46. The Hall–Kier alpha value is -6.47. The van der Waals surface area contributed by atoms with Gasteiger partial charge in [-0.25, -0.2) is 17.5 Å². The number of aliphatic hydroxyl groups is 1. The number of sulfone groups is 1. The molecular weight excluding hydrogens is 766 g/mol. The summed E-state index contributed by atoms with van der Waals surface area (Å²) in [6.45, 7) is -0.873. The second kappa shape index (κ2) is 15.7. The number of amides is 3. The molecule has 1 aliphatic rings. The van der Waals surface area contributed by atoms with Crippen molar-refractivity contribution in [3.8, 4) is 34.1 Å². The van der Waals surface area contributed by atoms with Gasteiger partial charge in [0.05, 0.1) is 35.6 Å². The van der Waals surface area contributed by atoms with Crippen LogP contribution in [0.2, 0.25) is 0 Å². The van der Waals surface area contributed by atoms with E-state index < -0.39 is 74.8 Å². The second-order valence-electron chi connectivity index (χ2n) is 12.2. The molecule has 1 aromatic heterocycles. The van der Waals surface area contributed by atoms with E-state index in [0.717, 1.165) is 30.5 Å². The van der Waals surface area contributed by atoms with E-state index in [-0.39, 0.29) is 40.8 Å². The fourth-order valence-corrected chi connectivity index (χ4v) is 6.58. The highest BCUT2D eigenvalue weighted by Crippen LogP contribution is 2.34. The van der Waals surface area contributed by atoms with Crippen molar-refractivity contribution in [2.24, 2.45) is 0 Å². The van der Waals surface area contributed by atoms with Gasteiger partial charge in [-0.15, -0.1) is 0 Å². The van der Waals surface area contributed by atoms with E-state index in [1.165, 1.54) is 37.4 Å². The van der Waals surface area contributed by atoms with Crippen molar-refractivity contribution >= 4 is 33.2 Å². The summed E-state index contributed by atoms with van der Waals surface area (Å²) in [6, 6.07) is 16.5. The van der Waals surface area contributed by atoms with Gasteiger partial charge in [-0.3, -0.25) is 14.4 Å². The van der Waals surface area contributed by atoms with Crippen LogP contribution < -0.4 is 30.2 Å². The number of carbonyl (C=O) groups is 3. The molecule has 0 saturated carbocycles. The van der Waals surface area contributed by atoms with Crippen LogP contribution in [0.3, 0.4) is 0 Å². The standard InChI is InChI=1S/C37H31F4N5O9S/c1-53-22-9-11-28(24(15-22)34(48)44-27(18-47)35(49)42-17-20-7-12-30-31(13-20)55-19-54-30)46-29(16-33(45-46)37(39,40)41)36(50)43-26-10-8-21(14-25(26)38)23-5-3-4-6-32(23)56(2,51)52/h3-16,27,47H,17-19H2,1-2H3,(H,42,49)(H,43,50)(H,44,48)/t27-/m0/s1. The molecule has 19 heteroatoms. The Labute approximate surface area is 315 Å². The van der Waals surface area contributed by atoms with Gasteiger partial charge in [0, 0.05) is 24.4 Å². The number of aromatic nitrogens is 2. The average molecular weight is 798 g/mol. The molecule has 0 spiro atoms. The van der Waals surface area contributed by atoms with Crippen molar-refractivity contribution in [2.75, 3.05) is 32.1 Å². The third kappa shape index (κ3) is 8.42. The van der Waals surface area contributed by atoms with Crippen molar-refractivity contribution in [3.63, 3.8) is 0 Å². The topological polar surface area (TPSA) is 187 Å². The molecule has 0 unspecified atom stereocenters. The lowest BCUT2D eigenvalue weighted by atomic mass is 10.0. The van der Waals surface area contributed by atoms with E-state index in [1.54, 1.807) is 24.3 Å². The molecule has 0 aliphatic carbocycles. The van der Waals surface area contributed by atoms with Crippen LogP contribution in [0.4, 0.5) is 23.2 Å². The molecule has 56 heavy (non-hydrogen) atoms. The maximum absolute atomic E-state index is 15.4. The number of hydrogen-bond donors (Lipinski definition) is 4. The Kier molecular flexibility index (Phi) is 11.0. The van der Waals surface area contributed by atoms with Gasteiger partial charge in [0.1, 0.15) is 23.3 Å². The third-order valence-corrected chi connectivity index (χ3v) is 9.59. The highest BCUT2D eigenvalue weighted by molar-refractivity contribution is 7.90. The van der Waals surface area contributed by atoms with Gasteiger partial charge >= 0.3 is 6.18 Å². The van der Waals surface area contributed by atoms with Crippen LogP contribution in [0, 0.1) is 5.82 Å². The number of aliphatic hydroxyl groups excluding tert-OH is 1. The smallest absolute Gasteiger partial charge is 0.435 e. The monoisotopic (exact) mass is 797 g/mol. The summed E-state index contributed by atoms with van der Waals surface area (Å²) in [5.74, 6) is -3.15. The molecule has 292 valence electrons. The highest BCUT2D eigenvalue weighted by Gasteiger charge is 2.37. The third-order valence-electron chi connectivity index (χ3n) is 8.43. The van der Waals surface area contributed by atoms with Gasteiger partial charge in [-0.2, -0.15) is 18.3 Å². The van der Waals surface area contributed by atoms with E-state index in [0.29, 0.717) is 27.8 Å². The number of benzene rings is 4. The lowest BCUT2D eigenvalue weighted by molar-refractivity contribution is -0.141. The summed E-state index contributed by atoms with van der Waals surface area (Å²) in [4.78, 5) is 40.2. The van der Waals surface area contributed by atoms with Crippen LogP contribution in [0.15, 0.2) is 89.8 Å². The molecule has 0 saturated heterocycles. The first kappa shape index (κ1) is 39.2. The zero-order valence-corrected chi connectivity index (χ0v) is 30.1. The summed E-state index contributed by atoms with van der Waals surface area (Å²) in [6.07, 6.45) is -4.09. The first-order valence-electron chi connectivity index (χ1n) is 16.4. The predicted octanol–water partition coefficient (Wildman–Crippen LogP) is 4.50.